The summed E-state index contributed by atoms with van der Waals surface area (Å²) in [4.78, 5) is 14.4. The third-order valence-electron chi connectivity index (χ3n) is 4.40. The lowest BCUT2D eigenvalue weighted by molar-refractivity contribution is 0.187. The molecule has 0 fully saturated rings. The fourth-order valence-electron chi connectivity index (χ4n) is 3.09. The van der Waals surface area contributed by atoms with Crippen LogP contribution in [0.25, 0.3) is 0 Å². The molecule has 0 saturated heterocycles. The molecule has 7 nitrogen and oxygen atoms in total. The third kappa shape index (κ3) is 3.87. The van der Waals surface area contributed by atoms with Crippen LogP contribution in [0.1, 0.15) is 18.1 Å². The highest BCUT2D eigenvalue weighted by Gasteiger charge is 2.23. The second-order valence-electron chi connectivity index (χ2n) is 6.23. The Morgan fingerprint density at radius 2 is 2.00 bits per heavy atom. The van der Waals surface area contributed by atoms with Crippen LogP contribution in [0.5, 0.6) is 11.5 Å². The Morgan fingerprint density at radius 3 is 2.64 bits per heavy atom. The van der Waals surface area contributed by atoms with Crippen molar-refractivity contribution in [1.29, 1.82) is 0 Å². The molecule has 1 atom stereocenters. The maximum absolute atomic E-state index is 12.6. The number of hydrogen-bond acceptors (Lipinski definition) is 4. The Kier molecular flexibility index (Phi) is 5.11. The lowest BCUT2D eigenvalue weighted by atomic mass is 9.99. The predicted octanol–water partition coefficient (Wildman–Crippen LogP) is 2.06. The average Bonchev–Trinajstić information content (AvgIpc) is 3.12. The monoisotopic (exact) mass is 344 g/mol. The summed E-state index contributed by atoms with van der Waals surface area (Å²) in [6, 6.07) is 5.78. The van der Waals surface area contributed by atoms with E-state index in [4.69, 9.17) is 9.47 Å². The first-order valence-corrected chi connectivity index (χ1v) is 8.37. The molecule has 1 aliphatic rings. The van der Waals surface area contributed by atoms with Crippen LogP contribution in [0.3, 0.4) is 0 Å². The number of ether oxygens (including phenoxy) is 2. The van der Waals surface area contributed by atoms with E-state index in [-0.39, 0.29) is 12.1 Å². The van der Waals surface area contributed by atoms with Crippen LogP contribution in [0.4, 0.5) is 4.79 Å². The van der Waals surface area contributed by atoms with Crippen molar-refractivity contribution in [3.8, 4) is 11.5 Å². The number of amides is 2. The first-order valence-electron chi connectivity index (χ1n) is 8.37. The molecule has 7 heteroatoms. The number of aromatic nitrogens is 2. The molecule has 0 radical (unpaired) electrons. The second kappa shape index (κ2) is 7.46. The van der Waals surface area contributed by atoms with Gasteiger partial charge in [-0.3, -0.25) is 4.68 Å². The standard InChI is InChI=1S/C18H24N4O3/c1-13(11-22-7-4-6-19-22)20-18(23)21-8-5-14-9-16(24-2)17(25-3)10-15(14)12-21/h4,6-7,9-10,13H,5,8,11-12H2,1-3H3,(H,20,23)/t13-/m0/s1. The molecule has 3 rings (SSSR count). The van der Waals surface area contributed by atoms with Crippen molar-refractivity contribution in [2.24, 2.45) is 0 Å². The minimum absolute atomic E-state index is 0.000740. The molecule has 0 unspecified atom stereocenters. The molecule has 0 bridgehead atoms. The zero-order chi connectivity index (χ0) is 17.8. The molecule has 134 valence electrons. The first kappa shape index (κ1) is 17.1. The summed E-state index contributed by atoms with van der Waals surface area (Å²) in [6.45, 7) is 3.87. The van der Waals surface area contributed by atoms with Crippen LogP contribution in [0.15, 0.2) is 30.6 Å². The van der Waals surface area contributed by atoms with Gasteiger partial charge < -0.3 is 19.7 Å². The summed E-state index contributed by atoms with van der Waals surface area (Å²) in [6.07, 6.45) is 4.42. The normalized spacial score (nSPS) is 14.6. The number of nitrogens with zero attached hydrogens (tertiary/aromatic N) is 3. The number of nitrogens with one attached hydrogen (secondary N) is 1. The zero-order valence-electron chi connectivity index (χ0n) is 14.9. The molecule has 1 aromatic heterocycles. The fourth-order valence-corrected chi connectivity index (χ4v) is 3.09. The van der Waals surface area contributed by atoms with E-state index in [1.807, 2.05) is 40.9 Å². The molecule has 0 aliphatic carbocycles. The number of carbonyl (C=O) groups excluding carboxylic acids is 1. The minimum atomic E-state index is -0.0555. The fraction of sp³-hybridized carbons (Fsp3) is 0.444. The van der Waals surface area contributed by atoms with Crippen LogP contribution < -0.4 is 14.8 Å². The Bertz CT molecular complexity index is 730. The molecule has 25 heavy (non-hydrogen) atoms. The third-order valence-corrected chi connectivity index (χ3v) is 4.40. The summed E-state index contributed by atoms with van der Waals surface area (Å²) in [5.74, 6) is 1.42. The lowest BCUT2D eigenvalue weighted by Crippen LogP contribution is -2.47. The zero-order valence-corrected chi connectivity index (χ0v) is 14.9. The van der Waals surface area contributed by atoms with Crippen molar-refractivity contribution in [2.75, 3.05) is 20.8 Å². The summed E-state index contributed by atoms with van der Waals surface area (Å²) in [5, 5.41) is 7.21. The van der Waals surface area contributed by atoms with Gasteiger partial charge in [0.15, 0.2) is 11.5 Å². The lowest BCUT2D eigenvalue weighted by Gasteiger charge is -2.30. The molecule has 0 saturated carbocycles. The van der Waals surface area contributed by atoms with Gasteiger partial charge in [0.05, 0.1) is 20.8 Å². The van der Waals surface area contributed by atoms with E-state index in [1.165, 1.54) is 5.56 Å². The maximum Gasteiger partial charge on any atom is 0.317 e. The van der Waals surface area contributed by atoms with Gasteiger partial charge in [0, 0.05) is 31.5 Å². The number of fused-ring (bicyclic) bond motifs is 1. The van der Waals surface area contributed by atoms with E-state index in [1.54, 1.807) is 20.4 Å². The Morgan fingerprint density at radius 1 is 1.28 bits per heavy atom. The van der Waals surface area contributed by atoms with E-state index < -0.39 is 0 Å². The van der Waals surface area contributed by atoms with Gasteiger partial charge in [-0.1, -0.05) is 0 Å². The van der Waals surface area contributed by atoms with Crippen molar-refractivity contribution < 1.29 is 14.3 Å². The second-order valence-corrected chi connectivity index (χ2v) is 6.23. The largest absolute Gasteiger partial charge is 0.493 e. The minimum Gasteiger partial charge on any atom is -0.493 e. The van der Waals surface area contributed by atoms with E-state index >= 15 is 0 Å². The van der Waals surface area contributed by atoms with Gasteiger partial charge in [-0.15, -0.1) is 0 Å². The van der Waals surface area contributed by atoms with Crippen molar-refractivity contribution in [3.63, 3.8) is 0 Å². The highest BCUT2D eigenvalue weighted by molar-refractivity contribution is 5.75. The molecule has 0 spiro atoms. The number of urea groups is 1. The molecular formula is C18H24N4O3. The quantitative estimate of drug-likeness (QED) is 0.901. The van der Waals surface area contributed by atoms with Crippen molar-refractivity contribution in [1.82, 2.24) is 20.0 Å². The molecule has 2 heterocycles. The molecule has 2 aromatic rings. The molecule has 2 amide bonds. The number of benzene rings is 1. The van der Waals surface area contributed by atoms with E-state index in [2.05, 4.69) is 10.4 Å². The number of rotatable bonds is 5. The maximum atomic E-state index is 12.6. The highest BCUT2D eigenvalue weighted by Crippen LogP contribution is 2.33. The van der Waals surface area contributed by atoms with Crippen LogP contribution in [-0.2, 0) is 19.5 Å². The van der Waals surface area contributed by atoms with Crippen LogP contribution >= 0.6 is 0 Å². The van der Waals surface area contributed by atoms with E-state index in [0.29, 0.717) is 25.4 Å². The summed E-state index contributed by atoms with van der Waals surface area (Å²) in [7, 11) is 3.25. The van der Waals surface area contributed by atoms with Crippen LogP contribution in [-0.4, -0.2) is 47.5 Å². The van der Waals surface area contributed by atoms with Gasteiger partial charge in [-0.2, -0.15) is 5.10 Å². The van der Waals surface area contributed by atoms with Gasteiger partial charge >= 0.3 is 6.03 Å². The summed E-state index contributed by atoms with van der Waals surface area (Å²) in [5.41, 5.74) is 2.30. The van der Waals surface area contributed by atoms with Gasteiger partial charge in [-0.25, -0.2) is 4.79 Å². The van der Waals surface area contributed by atoms with Crippen LogP contribution in [0, 0.1) is 0 Å². The summed E-state index contributed by atoms with van der Waals surface area (Å²) >= 11 is 0. The van der Waals surface area contributed by atoms with Gasteiger partial charge in [0.1, 0.15) is 0 Å². The molecule has 1 aliphatic heterocycles. The van der Waals surface area contributed by atoms with Crippen LogP contribution in [0.2, 0.25) is 0 Å². The van der Waals surface area contributed by atoms with Crippen molar-refractivity contribution in [2.45, 2.75) is 32.5 Å². The number of hydrogen-bond donors (Lipinski definition) is 1. The van der Waals surface area contributed by atoms with Crippen molar-refractivity contribution >= 4 is 6.03 Å². The Hall–Kier alpha value is -2.70. The molecule has 1 N–H and O–H groups in total. The number of methoxy groups -OCH3 is 2. The van der Waals surface area contributed by atoms with Gasteiger partial charge in [0.2, 0.25) is 0 Å². The Labute approximate surface area is 147 Å². The predicted molar refractivity (Wildman–Crippen MR) is 93.9 cm³/mol. The van der Waals surface area contributed by atoms with Gasteiger partial charge in [0.25, 0.3) is 0 Å². The molecule has 1 aromatic carbocycles. The van der Waals surface area contributed by atoms with E-state index in [9.17, 15) is 4.79 Å². The average molecular weight is 344 g/mol. The first-order chi connectivity index (χ1) is 12.1. The summed E-state index contributed by atoms with van der Waals surface area (Å²) < 4.78 is 12.5. The smallest absolute Gasteiger partial charge is 0.317 e. The number of carbonyl (C=O) groups is 1. The van der Waals surface area contributed by atoms with E-state index in [0.717, 1.165) is 17.7 Å². The Balaban J connectivity index is 1.64. The highest BCUT2D eigenvalue weighted by atomic mass is 16.5. The topological polar surface area (TPSA) is 68.6 Å². The SMILES string of the molecule is COc1cc2c(cc1OC)CN(C(=O)N[C@@H](C)Cn1cccn1)CC2. The van der Waals surface area contributed by atoms with Gasteiger partial charge in [-0.05, 0) is 42.7 Å². The molecular weight excluding hydrogens is 320 g/mol. The van der Waals surface area contributed by atoms with Crippen molar-refractivity contribution in [3.05, 3.63) is 41.7 Å².